The van der Waals surface area contributed by atoms with Crippen LogP contribution in [0.5, 0.6) is 0 Å². The van der Waals surface area contributed by atoms with Crippen LogP contribution in [0.4, 0.5) is 0 Å². The van der Waals surface area contributed by atoms with Gasteiger partial charge in [0.15, 0.2) is 0 Å². The van der Waals surface area contributed by atoms with Gasteiger partial charge in [0.05, 0.1) is 6.04 Å². The maximum atomic E-state index is 12.0. The van der Waals surface area contributed by atoms with Crippen molar-refractivity contribution in [3.05, 3.63) is 0 Å². The van der Waals surface area contributed by atoms with Crippen LogP contribution in [0.2, 0.25) is 0 Å². The minimum Gasteiger partial charge on any atom is -0.381 e. The Kier molecular flexibility index (Phi) is 5.26. The maximum absolute atomic E-state index is 12.0. The van der Waals surface area contributed by atoms with E-state index in [2.05, 4.69) is 10.6 Å². The molecule has 17 heavy (non-hydrogen) atoms. The van der Waals surface area contributed by atoms with E-state index >= 15 is 0 Å². The van der Waals surface area contributed by atoms with Crippen molar-refractivity contribution in [1.82, 2.24) is 10.6 Å². The topological polar surface area (TPSA) is 50.4 Å². The lowest BCUT2D eigenvalue weighted by Gasteiger charge is -2.23. The van der Waals surface area contributed by atoms with Gasteiger partial charge in [-0.25, -0.2) is 0 Å². The first-order chi connectivity index (χ1) is 8.36. The Bertz CT molecular complexity index is 232. The summed E-state index contributed by atoms with van der Waals surface area (Å²) in [4.78, 5) is 12.0. The van der Waals surface area contributed by atoms with Crippen LogP contribution in [0, 0.1) is 5.92 Å². The molecule has 2 rings (SSSR count). The van der Waals surface area contributed by atoms with Gasteiger partial charge in [0, 0.05) is 19.8 Å². The Morgan fingerprint density at radius 1 is 1.18 bits per heavy atom. The molecule has 2 fully saturated rings. The quantitative estimate of drug-likeness (QED) is 0.775. The first kappa shape index (κ1) is 12.8. The van der Waals surface area contributed by atoms with Gasteiger partial charge < -0.3 is 15.4 Å². The highest BCUT2D eigenvalue weighted by Gasteiger charge is 2.21. The maximum Gasteiger partial charge on any atom is 0.237 e. The Morgan fingerprint density at radius 2 is 2.00 bits per heavy atom. The van der Waals surface area contributed by atoms with Gasteiger partial charge >= 0.3 is 0 Å². The van der Waals surface area contributed by atoms with Crippen LogP contribution >= 0.6 is 0 Å². The molecule has 2 aliphatic rings. The average molecular weight is 240 g/mol. The van der Waals surface area contributed by atoms with Crippen molar-refractivity contribution in [2.75, 3.05) is 26.3 Å². The molecule has 1 atom stereocenters. The predicted octanol–water partition coefficient (Wildman–Crippen LogP) is 1.06. The third-order valence-corrected chi connectivity index (χ3v) is 3.78. The van der Waals surface area contributed by atoms with Crippen molar-refractivity contribution in [3.63, 3.8) is 0 Å². The summed E-state index contributed by atoms with van der Waals surface area (Å²) in [5.41, 5.74) is 0. The van der Waals surface area contributed by atoms with Crippen molar-refractivity contribution in [3.8, 4) is 0 Å². The highest BCUT2D eigenvalue weighted by molar-refractivity contribution is 5.81. The Hall–Kier alpha value is -0.610. The SMILES string of the molecule is O=C(NCC1CCOCC1)C1CCCCCN1. The van der Waals surface area contributed by atoms with Gasteiger partial charge in [-0.3, -0.25) is 4.79 Å². The van der Waals surface area contributed by atoms with E-state index in [1.54, 1.807) is 0 Å². The van der Waals surface area contributed by atoms with Gasteiger partial charge in [0.25, 0.3) is 0 Å². The van der Waals surface area contributed by atoms with Gasteiger partial charge in [0.2, 0.25) is 5.91 Å². The van der Waals surface area contributed by atoms with E-state index in [9.17, 15) is 4.79 Å². The van der Waals surface area contributed by atoms with Crippen molar-refractivity contribution >= 4 is 5.91 Å². The molecule has 0 aromatic rings. The zero-order valence-corrected chi connectivity index (χ0v) is 10.5. The number of ether oxygens (including phenoxy) is 1. The minimum absolute atomic E-state index is 0.0392. The standard InChI is InChI=1S/C13H24N2O2/c16-13(12-4-2-1-3-7-14-12)15-10-11-5-8-17-9-6-11/h11-12,14H,1-10H2,(H,15,16). The smallest absolute Gasteiger partial charge is 0.237 e. The molecule has 4 nitrogen and oxygen atoms in total. The number of carbonyl (C=O) groups excluding carboxylic acids is 1. The molecule has 0 aromatic carbocycles. The van der Waals surface area contributed by atoms with Crippen LogP contribution in [-0.2, 0) is 9.53 Å². The molecule has 0 saturated carbocycles. The van der Waals surface area contributed by atoms with E-state index in [-0.39, 0.29) is 11.9 Å². The third-order valence-electron chi connectivity index (χ3n) is 3.78. The molecule has 4 heteroatoms. The van der Waals surface area contributed by atoms with Crippen LogP contribution in [0.15, 0.2) is 0 Å². The molecule has 0 radical (unpaired) electrons. The molecule has 98 valence electrons. The van der Waals surface area contributed by atoms with E-state index in [4.69, 9.17) is 4.74 Å². The van der Waals surface area contributed by atoms with E-state index in [1.807, 2.05) is 0 Å². The molecule has 0 spiro atoms. The molecule has 2 saturated heterocycles. The minimum atomic E-state index is 0.0392. The number of amides is 1. The average Bonchev–Trinajstić information content (AvgIpc) is 2.66. The van der Waals surface area contributed by atoms with E-state index in [1.165, 1.54) is 19.3 Å². The molecule has 1 unspecified atom stereocenters. The molecule has 0 aromatic heterocycles. The van der Waals surface area contributed by atoms with Crippen LogP contribution in [0.1, 0.15) is 38.5 Å². The second-order valence-corrected chi connectivity index (χ2v) is 5.16. The highest BCUT2D eigenvalue weighted by atomic mass is 16.5. The lowest BCUT2D eigenvalue weighted by molar-refractivity contribution is -0.123. The number of nitrogens with one attached hydrogen (secondary N) is 2. The van der Waals surface area contributed by atoms with Gasteiger partial charge in [-0.15, -0.1) is 0 Å². The first-order valence-electron chi connectivity index (χ1n) is 6.95. The first-order valence-corrected chi connectivity index (χ1v) is 6.95. The Balaban J connectivity index is 1.68. The highest BCUT2D eigenvalue weighted by Crippen LogP contribution is 2.14. The summed E-state index contributed by atoms with van der Waals surface area (Å²) >= 11 is 0. The molecule has 1 amide bonds. The van der Waals surface area contributed by atoms with Crippen molar-refractivity contribution in [2.45, 2.75) is 44.6 Å². The van der Waals surface area contributed by atoms with E-state index in [0.29, 0.717) is 5.92 Å². The summed E-state index contributed by atoms with van der Waals surface area (Å²) in [6.45, 7) is 3.50. The van der Waals surface area contributed by atoms with E-state index < -0.39 is 0 Å². The lowest BCUT2D eigenvalue weighted by atomic mass is 10.0. The zero-order valence-electron chi connectivity index (χ0n) is 10.5. The summed E-state index contributed by atoms with van der Waals surface area (Å²) in [5, 5.41) is 6.43. The third kappa shape index (κ3) is 4.28. The fraction of sp³-hybridized carbons (Fsp3) is 0.923. The summed E-state index contributed by atoms with van der Waals surface area (Å²) in [6, 6.07) is 0.0392. The zero-order chi connectivity index (χ0) is 11.9. The van der Waals surface area contributed by atoms with Crippen LogP contribution in [0.3, 0.4) is 0 Å². The summed E-state index contributed by atoms with van der Waals surface area (Å²) in [5.74, 6) is 0.803. The van der Waals surface area contributed by atoms with Gasteiger partial charge in [-0.2, -0.15) is 0 Å². The van der Waals surface area contributed by atoms with Crippen molar-refractivity contribution in [2.24, 2.45) is 5.92 Å². The Labute approximate surface area is 103 Å². The van der Waals surface area contributed by atoms with Crippen LogP contribution in [-0.4, -0.2) is 38.3 Å². The lowest BCUT2D eigenvalue weighted by Crippen LogP contribution is -2.45. The van der Waals surface area contributed by atoms with Crippen molar-refractivity contribution < 1.29 is 9.53 Å². The molecule has 2 aliphatic heterocycles. The summed E-state index contributed by atoms with van der Waals surface area (Å²) < 4.78 is 5.31. The molecular weight excluding hydrogens is 216 g/mol. The number of carbonyl (C=O) groups is 1. The normalized spacial score (nSPS) is 27.4. The largest absolute Gasteiger partial charge is 0.381 e. The van der Waals surface area contributed by atoms with Crippen molar-refractivity contribution in [1.29, 1.82) is 0 Å². The molecular formula is C13H24N2O2. The van der Waals surface area contributed by atoms with Gasteiger partial charge in [-0.05, 0) is 38.1 Å². The number of hydrogen-bond acceptors (Lipinski definition) is 3. The molecule has 2 heterocycles. The van der Waals surface area contributed by atoms with Crippen LogP contribution < -0.4 is 10.6 Å². The molecule has 2 N–H and O–H groups in total. The summed E-state index contributed by atoms with van der Waals surface area (Å²) in [7, 11) is 0. The number of rotatable bonds is 3. The van der Waals surface area contributed by atoms with Crippen LogP contribution in [0.25, 0.3) is 0 Å². The molecule has 0 aliphatic carbocycles. The van der Waals surface area contributed by atoms with E-state index in [0.717, 1.165) is 45.6 Å². The second-order valence-electron chi connectivity index (χ2n) is 5.16. The molecule has 0 bridgehead atoms. The second kappa shape index (κ2) is 6.97. The predicted molar refractivity (Wildman–Crippen MR) is 66.8 cm³/mol. The fourth-order valence-corrected chi connectivity index (χ4v) is 2.57. The Morgan fingerprint density at radius 3 is 2.82 bits per heavy atom. The summed E-state index contributed by atoms with van der Waals surface area (Å²) in [6.07, 6.45) is 6.76. The number of hydrogen-bond donors (Lipinski definition) is 2. The monoisotopic (exact) mass is 240 g/mol. The van der Waals surface area contributed by atoms with Gasteiger partial charge in [-0.1, -0.05) is 12.8 Å². The fourth-order valence-electron chi connectivity index (χ4n) is 2.57. The van der Waals surface area contributed by atoms with Gasteiger partial charge in [0.1, 0.15) is 0 Å².